The first kappa shape index (κ1) is 22.6. The summed E-state index contributed by atoms with van der Waals surface area (Å²) < 4.78 is 41.9. The number of rotatable bonds is 5. The second-order valence-electron chi connectivity index (χ2n) is 14.2. The van der Waals surface area contributed by atoms with E-state index in [9.17, 15) is 0 Å². The van der Waals surface area contributed by atoms with Gasteiger partial charge in [0.25, 0.3) is 0 Å². The molecule has 11 rings (SSSR count). The van der Waals surface area contributed by atoms with Crippen molar-refractivity contribution in [2.24, 2.45) is 23.7 Å². The summed E-state index contributed by atoms with van der Waals surface area (Å²) in [6.45, 7) is 0. The summed E-state index contributed by atoms with van der Waals surface area (Å²) in [6, 6.07) is 41.9. The highest BCUT2D eigenvalue weighted by atomic mass is 15.1. The number of nitrogens with zero attached hydrogens (tertiary/aromatic N) is 1. The van der Waals surface area contributed by atoms with Crippen molar-refractivity contribution >= 4 is 17.1 Å². The average Bonchev–Trinajstić information content (AvgIpc) is 3.48. The summed E-state index contributed by atoms with van der Waals surface area (Å²) in [7, 11) is 0. The van der Waals surface area contributed by atoms with Crippen molar-refractivity contribution in [3.63, 3.8) is 0 Å². The molecule has 47 heavy (non-hydrogen) atoms. The van der Waals surface area contributed by atoms with Crippen molar-refractivity contribution in [1.82, 2.24) is 0 Å². The fourth-order valence-electron chi connectivity index (χ4n) is 10.4. The van der Waals surface area contributed by atoms with Gasteiger partial charge in [0.2, 0.25) is 0 Å². The van der Waals surface area contributed by atoms with Crippen LogP contribution >= 0.6 is 0 Å². The largest absolute Gasteiger partial charge is 0.310 e. The molecular weight excluding hydrogens is 567 g/mol. The van der Waals surface area contributed by atoms with Crippen LogP contribution in [0.25, 0.3) is 33.4 Å². The molecule has 6 aromatic rings. The number of fused-ring (bicyclic) bond motifs is 3. The Labute approximate surface area is 285 Å². The van der Waals surface area contributed by atoms with Gasteiger partial charge in [-0.2, -0.15) is 0 Å². The van der Waals surface area contributed by atoms with E-state index in [1.165, 1.54) is 65.6 Å². The van der Waals surface area contributed by atoms with Gasteiger partial charge >= 0.3 is 0 Å². The average molecular weight is 611 g/mol. The third-order valence-electron chi connectivity index (χ3n) is 11.9. The molecule has 0 unspecified atom stereocenters. The van der Waals surface area contributed by atoms with Crippen LogP contribution in [0.4, 0.5) is 17.1 Å². The van der Waals surface area contributed by atoms with Crippen LogP contribution in [-0.2, 0) is 5.41 Å². The standard InChI is InChI=1S/C46H39N/c1-3-10-33(11-4-1)35-18-22-39(23-19-35)47(40-24-20-36(21-25-40)34-12-5-2-6-13-34)44-17-9-15-42-41-14-7-8-16-43(41)46(45(42)44)37-27-31-26-32(29-37)30-38(46)28-31/h1-25,31-32,37-38H,26-30H2/i1D,3D,4D,10D,11D. The lowest BCUT2D eigenvalue weighted by molar-refractivity contribution is -0.0397. The fourth-order valence-corrected chi connectivity index (χ4v) is 10.4. The first-order valence-corrected chi connectivity index (χ1v) is 17.2. The topological polar surface area (TPSA) is 3.24 Å². The summed E-state index contributed by atoms with van der Waals surface area (Å²) in [5, 5.41) is 0. The van der Waals surface area contributed by atoms with Crippen molar-refractivity contribution in [2.75, 3.05) is 4.90 Å². The highest BCUT2D eigenvalue weighted by Crippen LogP contribution is 2.71. The summed E-state index contributed by atoms with van der Waals surface area (Å²) in [4.78, 5) is 2.40. The van der Waals surface area contributed by atoms with Crippen LogP contribution in [0.3, 0.4) is 0 Å². The molecule has 0 aromatic heterocycles. The van der Waals surface area contributed by atoms with Gasteiger partial charge in [0.1, 0.15) is 0 Å². The highest BCUT2D eigenvalue weighted by Gasteiger charge is 2.62. The van der Waals surface area contributed by atoms with E-state index in [0.29, 0.717) is 17.4 Å². The van der Waals surface area contributed by atoms with E-state index in [1.807, 2.05) is 30.3 Å². The van der Waals surface area contributed by atoms with E-state index in [0.717, 1.165) is 28.8 Å². The van der Waals surface area contributed by atoms with E-state index in [4.69, 9.17) is 6.85 Å². The lowest BCUT2D eigenvalue weighted by Gasteiger charge is -2.61. The number of hydrogen-bond donors (Lipinski definition) is 0. The molecule has 5 aliphatic rings. The molecule has 0 amide bonds. The van der Waals surface area contributed by atoms with Gasteiger partial charge in [-0.3, -0.25) is 0 Å². The predicted octanol–water partition coefficient (Wildman–Crippen LogP) is 12.2. The molecule has 228 valence electrons. The van der Waals surface area contributed by atoms with Crippen LogP contribution < -0.4 is 4.90 Å². The van der Waals surface area contributed by atoms with E-state index in [2.05, 4.69) is 95.9 Å². The first-order chi connectivity index (χ1) is 25.3. The number of anilines is 3. The van der Waals surface area contributed by atoms with Crippen molar-refractivity contribution in [3.05, 3.63) is 163 Å². The van der Waals surface area contributed by atoms with E-state index < -0.39 is 0 Å². The summed E-state index contributed by atoms with van der Waals surface area (Å²) >= 11 is 0. The van der Waals surface area contributed by atoms with Crippen LogP contribution in [-0.4, -0.2) is 0 Å². The van der Waals surface area contributed by atoms with E-state index in [-0.39, 0.29) is 41.2 Å². The molecule has 4 bridgehead atoms. The smallest absolute Gasteiger partial charge is 0.0629 e. The van der Waals surface area contributed by atoms with Gasteiger partial charge in [-0.25, -0.2) is 0 Å². The molecule has 1 spiro atoms. The van der Waals surface area contributed by atoms with Crippen molar-refractivity contribution in [2.45, 2.75) is 37.5 Å². The first-order valence-electron chi connectivity index (χ1n) is 19.7. The summed E-state index contributed by atoms with van der Waals surface area (Å²) in [5.74, 6) is 2.90. The Morgan fingerprint density at radius 3 is 1.70 bits per heavy atom. The van der Waals surface area contributed by atoms with Crippen LogP contribution in [0.5, 0.6) is 0 Å². The third kappa shape index (κ3) is 4.08. The Bertz CT molecular complexity index is 2310. The minimum absolute atomic E-state index is 0.0363. The molecule has 0 saturated heterocycles. The zero-order valence-electron chi connectivity index (χ0n) is 31.3. The van der Waals surface area contributed by atoms with Crippen LogP contribution in [0.1, 0.15) is 50.1 Å². The fraction of sp³-hybridized carbons (Fsp3) is 0.217. The Morgan fingerprint density at radius 2 is 1.04 bits per heavy atom. The number of hydrogen-bond acceptors (Lipinski definition) is 1. The maximum atomic E-state index is 8.62. The molecule has 0 N–H and O–H groups in total. The maximum absolute atomic E-state index is 8.62. The predicted molar refractivity (Wildman–Crippen MR) is 195 cm³/mol. The Hall–Kier alpha value is -4.88. The van der Waals surface area contributed by atoms with Crippen molar-refractivity contribution in [3.8, 4) is 33.4 Å². The second kappa shape index (κ2) is 10.6. The monoisotopic (exact) mass is 610 g/mol. The molecular formula is C46H39N. The molecule has 5 aliphatic carbocycles. The van der Waals surface area contributed by atoms with Gasteiger partial charge < -0.3 is 4.90 Å². The van der Waals surface area contributed by atoms with Crippen molar-refractivity contribution < 1.29 is 6.85 Å². The van der Waals surface area contributed by atoms with Gasteiger partial charge in [0, 0.05) is 16.8 Å². The van der Waals surface area contributed by atoms with Crippen molar-refractivity contribution in [1.29, 1.82) is 0 Å². The highest BCUT2D eigenvalue weighted by molar-refractivity contribution is 5.92. The molecule has 0 heterocycles. The normalized spacial score (nSPS) is 26.2. The lowest BCUT2D eigenvalue weighted by atomic mass is 9.43. The second-order valence-corrected chi connectivity index (χ2v) is 14.2. The minimum atomic E-state index is -0.377. The number of benzene rings is 6. The van der Waals surface area contributed by atoms with Crippen LogP contribution in [0.15, 0.2) is 152 Å². The zero-order valence-corrected chi connectivity index (χ0v) is 26.3. The quantitative estimate of drug-likeness (QED) is 0.188. The minimum Gasteiger partial charge on any atom is -0.310 e. The third-order valence-corrected chi connectivity index (χ3v) is 11.9. The van der Waals surface area contributed by atoms with Crippen LogP contribution in [0, 0.1) is 23.7 Å². The summed E-state index contributed by atoms with van der Waals surface area (Å²) in [5.41, 5.74) is 12.0. The van der Waals surface area contributed by atoms with Crippen LogP contribution in [0.2, 0.25) is 0 Å². The molecule has 0 aliphatic heterocycles. The molecule has 1 heteroatoms. The van der Waals surface area contributed by atoms with Gasteiger partial charge in [-0.05, 0) is 131 Å². The Balaban J connectivity index is 1.18. The lowest BCUT2D eigenvalue weighted by Crippen LogP contribution is -2.55. The molecule has 4 saturated carbocycles. The SMILES string of the molecule is [2H]c1c([2H])c([2H])c(-c2ccc(N(c3ccc(-c4ccccc4)cc3)c3cccc4c3C3(c5ccccc5-4)C4CC5CC(C4)CC3C5)cc2)c([2H])c1[2H]. The van der Waals surface area contributed by atoms with Gasteiger partial charge in [-0.1, -0.05) is 121 Å². The van der Waals surface area contributed by atoms with E-state index in [1.54, 1.807) is 0 Å². The molecule has 0 atom stereocenters. The summed E-state index contributed by atoms with van der Waals surface area (Å²) in [6.07, 6.45) is 6.60. The molecule has 4 fully saturated rings. The molecule has 1 nitrogen and oxygen atoms in total. The Kier molecular flexibility index (Phi) is 5.09. The van der Waals surface area contributed by atoms with Gasteiger partial charge in [-0.15, -0.1) is 0 Å². The molecule has 6 aromatic carbocycles. The maximum Gasteiger partial charge on any atom is 0.0629 e. The van der Waals surface area contributed by atoms with Gasteiger partial charge in [0.15, 0.2) is 0 Å². The molecule has 0 radical (unpaired) electrons. The van der Waals surface area contributed by atoms with E-state index >= 15 is 0 Å². The van der Waals surface area contributed by atoms with Gasteiger partial charge in [0.05, 0.1) is 12.5 Å². The zero-order chi connectivity index (χ0) is 35.3. The Morgan fingerprint density at radius 1 is 0.489 bits per heavy atom.